The van der Waals surface area contributed by atoms with Crippen LogP contribution < -0.4 is 5.32 Å². The van der Waals surface area contributed by atoms with Gasteiger partial charge in [-0.3, -0.25) is 4.79 Å². The molecule has 0 bridgehead atoms. The Kier molecular flexibility index (Phi) is 4.37. The van der Waals surface area contributed by atoms with Crippen LogP contribution in [0.2, 0.25) is 0 Å². The topological polar surface area (TPSA) is 49.3 Å². The summed E-state index contributed by atoms with van der Waals surface area (Å²) in [6.45, 7) is 0. The fraction of sp³-hybridized carbons (Fsp3) is 0.462. The quantitative estimate of drug-likeness (QED) is 0.625. The summed E-state index contributed by atoms with van der Waals surface area (Å²) in [5, 5.41) is 12.7. The maximum atomic E-state index is 12.2. The first-order chi connectivity index (χ1) is 8.56. The second-order valence-corrected chi connectivity index (χ2v) is 6.25. The van der Waals surface area contributed by atoms with Crippen molar-refractivity contribution in [2.45, 2.75) is 31.2 Å². The van der Waals surface area contributed by atoms with Gasteiger partial charge in [0.2, 0.25) is 0 Å². The van der Waals surface area contributed by atoms with Gasteiger partial charge in [-0.15, -0.1) is 11.6 Å². The van der Waals surface area contributed by atoms with Gasteiger partial charge in [0.05, 0.1) is 11.1 Å². The summed E-state index contributed by atoms with van der Waals surface area (Å²) in [4.78, 5) is 12.2. The van der Waals surface area contributed by atoms with Crippen molar-refractivity contribution < 1.29 is 9.90 Å². The number of benzene rings is 1. The highest BCUT2D eigenvalue weighted by atomic mass is 127. The number of nitrogens with one attached hydrogen (secondary N) is 1. The molecule has 1 aliphatic carbocycles. The summed E-state index contributed by atoms with van der Waals surface area (Å²) < 4.78 is 0.918. The van der Waals surface area contributed by atoms with E-state index >= 15 is 0 Å². The number of rotatable bonds is 3. The van der Waals surface area contributed by atoms with Gasteiger partial charge in [0, 0.05) is 9.45 Å². The fourth-order valence-electron chi connectivity index (χ4n) is 2.34. The normalized spacial score (nSPS) is 17.7. The zero-order chi connectivity index (χ0) is 13.2. The van der Waals surface area contributed by atoms with E-state index in [1.807, 2.05) is 0 Å². The Morgan fingerprint density at radius 1 is 1.44 bits per heavy atom. The number of carbonyl (C=O) groups excluding carboxylic acids is 1. The molecule has 1 aliphatic rings. The van der Waals surface area contributed by atoms with Crippen LogP contribution in [0.3, 0.4) is 0 Å². The molecule has 1 amide bonds. The molecule has 0 radical (unpaired) electrons. The predicted octanol–water partition coefficient (Wildman–Crippen LogP) is 3.28. The molecule has 0 unspecified atom stereocenters. The van der Waals surface area contributed by atoms with E-state index in [1.165, 1.54) is 0 Å². The molecule has 0 aromatic heterocycles. The molecule has 98 valence electrons. The van der Waals surface area contributed by atoms with Crippen molar-refractivity contribution in [3.8, 4) is 5.75 Å². The molecule has 1 aromatic rings. The zero-order valence-corrected chi connectivity index (χ0v) is 12.8. The first-order valence-electron chi connectivity index (χ1n) is 5.93. The Morgan fingerprint density at radius 2 is 2.11 bits per heavy atom. The lowest BCUT2D eigenvalue weighted by Crippen LogP contribution is -2.47. The highest BCUT2D eigenvalue weighted by Crippen LogP contribution is 2.31. The number of hydrogen-bond donors (Lipinski definition) is 2. The van der Waals surface area contributed by atoms with Crippen molar-refractivity contribution in [1.29, 1.82) is 0 Å². The van der Waals surface area contributed by atoms with E-state index < -0.39 is 0 Å². The summed E-state index contributed by atoms with van der Waals surface area (Å²) in [5.74, 6) is 0.188. The van der Waals surface area contributed by atoms with Crippen LogP contribution in [0.4, 0.5) is 0 Å². The van der Waals surface area contributed by atoms with Gasteiger partial charge in [0.1, 0.15) is 5.75 Å². The van der Waals surface area contributed by atoms with Crippen molar-refractivity contribution in [3.63, 3.8) is 0 Å². The van der Waals surface area contributed by atoms with Crippen LogP contribution in [-0.4, -0.2) is 22.4 Å². The molecular formula is C13H15ClINO2. The van der Waals surface area contributed by atoms with Crippen LogP contribution >= 0.6 is 34.2 Å². The van der Waals surface area contributed by atoms with E-state index in [1.54, 1.807) is 18.2 Å². The molecule has 2 rings (SSSR count). The molecule has 2 N–H and O–H groups in total. The van der Waals surface area contributed by atoms with Crippen LogP contribution in [0.5, 0.6) is 5.75 Å². The first-order valence-corrected chi connectivity index (χ1v) is 7.55. The molecule has 0 spiro atoms. The molecule has 0 atom stereocenters. The minimum absolute atomic E-state index is 0.00985. The molecular weight excluding hydrogens is 365 g/mol. The minimum atomic E-state index is -0.299. The maximum absolute atomic E-state index is 12.2. The highest BCUT2D eigenvalue weighted by molar-refractivity contribution is 14.1. The lowest BCUT2D eigenvalue weighted by atomic mass is 9.99. The van der Waals surface area contributed by atoms with Crippen LogP contribution in [0.15, 0.2) is 18.2 Å². The Morgan fingerprint density at radius 3 is 2.72 bits per heavy atom. The third-order valence-electron chi connectivity index (χ3n) is 3.40. The smallest absolute Gasteiger partial charge is 0.255 e. The van der Waals surface area contributed by atoms with Crippen molar-refractivity contribution in [3.05, 3.63) is 27.3 Å². The van der Waals surface area contributed by atoms with Gasteiger partial charge in [-0.1, -0.05) is 12.8 Å². The number of halogens is 2. The number of carbonyl (C=O) groups is 1. The number of alkyl halides is 1. The lowest BCUT2D eigenvalue weighted by Gasteiger charge is -2.28. The Bertz CT molecular complexity index is 458. The van der Waals surface area contributed by atoms with E-state index in [4.69, 9.17) is 11.6 Å². The largest absolute Gasteiger partial charge is 0.507 e. The van der Waals surface area contributed by atoms with Crippen LogP contribution in [-0.2, 0) is 0 Å². The van der Waals surface area contributed by atoms with Crippen molar-refractivity contribution in [2.24, 2.45) is 0 Å². The van der Waals surface area contributed by atoms with Gasteiger partial charge in [-0.25, -0.2) is 0 Å². The Balaban J connectivity index is 2.18. The second-order valence-electron chi connectivity index (χ2n) is 4.74. The molecule has 1 saturated carbocycles. The first kappa shape index (κ1) is 13.9. The van der Waals surface area contributed by atoms with E-state index in [-0.39, 0.29) is 17.2 Å². The highest BCUT2D eigenvalue weighted by Gasteiger charge is 2.35. The molecule has 0 aliphatic heterocycles. The van der Waals surface area contributed by atoms with E-state index in [0.29, 0.717) is 11.4 Å². The molecule has 0 saturated heterocycles. The number of aromatic hydroxyl groups is 1. The molecule has 1 aromatic carbocycles. The summed E-state index contributed by atoms with van der Waals surface area (Å²) >= 11 is 8.10. The number of phenolic OH excluding ortho intramolecular Hbond substituents is 1. The number of amides is 1. The molecule has 18 heavy (non-hydrogen) atoms. The van der Waals surface area contributed by atoms with Crippen LogP contribution in [0.1, 0.15) is 36.0 Å². The monoisotopic (exact) mass is 379 g/mol. The maximum Gasteiger partial charge on any atom is 0.255 e. The zero-order valence-electron chi connectivity index (χ0n) is 9.88. The molecule has 3 nitrogen and oxygen atoms in total. The standard InChI is InChI=1S/C13H15ClINO2/c14-8-13(5-1-2-6-13)16-12(18)10-7-9(15)3-4-11(10)17/h3-4,7,17H,1-2,5-6,8H2,(H,16,18). The minimum Gasteiger partial charge on any atom is -0.507 e. The van der Waals surface area contributed by atoms with Gasteiger partial charge >= 0.3 is 0 Å². The number of hydrogen-bond acceptors (Lipinski definition) is 2. The summed E-state index contributed by atoms with van der Waals surface area (Å²) in [6, 6.07) is 4.99. The Hall–Kier alpha value is -0.490. The number of phenols is 1. The van der Waals surface area contributed by atoms with E-state index in [2.05, 4.69) is 27.9 Å². The average molecular weight is 380 g/mol. The Labute approximate surface area is 125 Å². The molecule has 1 fully saturated rings. The van der Waals surface area contributed by atoms with Gasteiger partial charge in [-0.05, 0) is 53.6 Å². The van der Waals surface area contributed by atoms with Gasteiger partial charge < -0.3 is 10.4 Å². The molecule has 5 heteroatoms. The average Bonchev–Trinajstić information content (AvgIpc) is 2.81. The van der Waals surface area contributed by atoms with Gasteiger partial charge in [0.15, 0.2) is 0 Å². The van der Waals surface area contributed by atoms with Gasteiger partial charge in [-0.2, -0.15) is 0 Å². The fourth-order valence-corrected chi connectivity index (χ4v) is 3.17. The van der Waals surface area contributed by atoms with E-state index in [0.717, 1.165) is 29.3 Å². The van der Waals surface area contributed by atoms with Crippen molar-refractivity contribution >= 4 is 40.1 Å². The van der Waals surface area contributed by atoms with Crippen molar-refractivity contribution in [1.82, 2.24) is 5.32 Å². The second kappa shape index (κ2) is 5.65. The SMILES string of the molecule is O=C(NC1(CCl)CCCC1)c1cc(I)ccc1O. The van der Waals surface area contributed by atoms with Crippen molar-refractivity contribution in [2.75, 3.05) is 5.88 Å². The lowest BCUT2D eigenvalue weighted by molar-refractivity contribution is 0.0906. The predicted molar refractivity (Wildman–Crippen MR) is 80.2 cm³/mol. The third kappa shape index (κ3) is 2.91. The summed E-state index contributed by atoms with van der Waals surface area (Å²) in [5.41, 5.74) is 0.0186. The van der Waals surface area contributed by atoms with E-state index in [9.17, 15) is 9.90 Å². The molecule has 0 heterocycles. The third-order valence-corrected chi connectivity index (χ3v) is 4.58. The summed E-state index contributed by atoms with van der Waals surface area (Å²) in [6.07, 6.45) is 4.00. The van der Waals surface area contributed by atoms with Crippen LogP contribution in [0, 0.1) is 3.57 Å². The summed E-state index contributed by atoms with van der Waals surface area (Å²) in [7, 11) is 0. The van der Waals surface area contributed by atoms with Crippen LogP contribution in [0.25, 0.3) is 0 Å². The van der Waals surface area contributed by atoms with Gasteiger partial charge in [0.25, 0.3) is 5.91 Å².